The summed E-state index contributed by atoms with van der Waals surface area (Å²) >= 11 is 1.70. The van der Waals surface area contributed by atoms with Crippen LogP contribution in [0, 0.1) is 6.92 Å². The van der Waals surface area contributed by atoms with Crippen LogP contribution in [-0.2, 0) is 21.1 Å². The van der Waals surface area contributed by atoms with E-state index in [4.69, 9.17) is 4.74 Å². The van der Waals surface area contributed by atoms with Gasteiger partial charge in [0, 0.05) is 24.2 Å². The molecule has 8 heteroatoms. The van der Waals surface area contributed by atoms with E-state index >= 15 is 0 Å². The van der Waals surface area contributed by atoms with Crippen molar-refractivity contribution < 1.29 is 13.2 Å². The number of ether oxygens (including phenoxy) is 1. The zero-order valence-corrected chi connectivity index (χ0v) is 15.0. The molecule has 0 aliphatic heterocycles. The summed E-state index contributed by atoms with van der Waals surface area (Å²) in [5, 5.41) is 8.41. The highest BCUT2D eigenvalue weighted by Crippen LogP contribution is 2.16. The largest absolute Gasteiger partial charge is 0.379 e. The van der Waals surface area contributed by atoms with E-state index in [1.165, 1.54) is 16.7 Å². The Morgan fingerprint density at radius 1 is 1.36 bits per heavy atom. The van der Waals surface area contributed by atoms with Crippen molar-refractivity contribution in [3.05, 3.63) is 21.9 Å². The minimum absolute atomic E-state index is 0.0544. The van der Waals surface area contributed by atoms with Gasteiger partial charge < -0.3 is 15.4 Å². The number of sulfone groups is 1. The second kappa shape index (κ2) is 9.81. The predicted octanol–water partition coefficient (Wildman–Crippen LogP) is 1.17. The number of hydrogen-bond donors (Lipinski definition) is 2. The molecule has 1 heterocycles. The van der Waals surface area contributed by atoms with E-state index in [-0.39, 0.29) is 12.4 Å². The van der Waals surface area contributed by atoms with Crippen LogP contribution in [0.3, 0.4) is 0 Å². The molecular weight excluding hydrogens is 322 g/mol. The van der Waals surface area contributed by atoms with Crippen molar-refractivity contribution in [2.45, 2.75) is 20.4 Å². The van der Waals surface area contributed by atoms with Crippen LogP contribution in [0.25, 0.3) is 0 Å². The third-order valence-electron chi connectivity index (χ3n) is 2.83. The first kappa shape index (κ1) is 18.9. The van der Waals surface area contributed by atoms with Crippen LogP contribution < -0.4 is 10.6 Å². The highest BCUT2D eigenvalue weighted by atomic mass is 32.2. The maximum absolute atomic E-state index is 11.0. The van der Waals surface area contributed by atoms with Gasteiger partial charge in [-0.1, -0.05) is 0 Å². The zero-order valence-electron chi connectivity index (χ0n) is 13.4. The van der Waals surface area contributed by atoms with Crippen molar-refractivity contribution >= 4 is 27.1 Å². The lowest BCUT2D eigenvalue weighted by Gasteiger charge is -2.11. The van der Waals surface area contributed by atoms with E-state index in [2.05, 4.69) is 34.0 Å². The highest BCUT2D eigenvalue weighted by molar-refractivity contribution is 7.90. The van der Waals surface area contributed by atoms with E-state index < -0.39 is 9.84 Å². The zero-order chi connectivity index (χ0) is 16.4. The molecule has 0 aromatic carbocycles. The fourth-order valence-electron chi connectivity index (χ4n) is 1.61. The van der Waals surface area contributed by atoms with Gasteiger partial charge >= 0.3 is 0 Å². The Kier molecular flexibility index (Phi) is 8.44. The van der Waals surface area contributed by atoms with Crippen molar-refractivity contribution in [2.75, 3.05) is 38.3 Å². The lowest BCUT2D eigenvalue weighted by Crippen LogP contribution is -2.39. The summed E-state index contributed by atoms with van der Waals surface area (Å²) in [6.45, 7) is 6.77. The van der Waals surface area contributed by atoms with Crippen LogP contribution in [-0.4, -0.2) is 52.7 Å². The molecule has 1 aromatic heterocycles. The van der Waals surface area contributed by atoms with Gasteiger partial charge in [0.2, 0.25) is 0 Å². The Morgan fingerprint density at radius 2 is 2.14 bits per heavy atom. The Hall–Kier alpha value is -1.12. The van der Waals surface area contributed by atoms with Crippen LogP contribution in [0.1, 0.15) is 17.4 Å². The maximum Gasteiger partial charge on any atom is 0.191 e. The number of guanidine groups is 1. The minimum Gasteiger partial charge on any atom is -0.379 e. The molecule has 0 fully saturated rings. The number of hydrogen-bond acceptors (Lipinski definition) is 5. The molecule has 0 spiro atoms. The summed E-state index contributed by atoms with van der Waals surface area (Å²) in [5.74, 6) is 0.792. The fourth-order valence-corrected chi connectivity index (χ4v) is 2.86. The van der Waals surface area contributed by atoms with Crippen LogP contribution in [0.5, 0.6) is 0 Å². The van der Waals surface area contributed by atoms with E-state index in [0.29, 0.717) is 19.7 Å². The normalized spacial score (nSPS) is 12.4. The Labute approximate surface area is 136 Å². The summed E-state index contributed by atoms with van der Waals surface area (Å²) in [7, 11) is -2.95. The molecule has 0 bridgehead atoms. The average molecular weight is 348 g/mol. The highest BCUT2D eigenvalue weighted by Gasteiger charge is 2.02. The maximum atomic E-state index is 11.0. The molecule has 6 nitrogen and oxygen atoms in total. The molecule has 0 amide bonds. The molecule has 2 N–H and O–H groups in total. The van der Waals surface area contributed by atoms with Crippen molar-refractivity contribution in [3.63, 3.8) is 0 Å². The number of aryl methyl sites for hydroxylation is 1. The lowest BCUT2D eigenvalue weighted by molar-refractivity contribution is 0.154. The number of nitrogens with one attached hydrogen (secondary N) is 2. The van der Waals surface area contributed by atoms with Gasteiger partial charge in [-0.3, -0.25) is 0 Å². The second-order valence-electron chi connectivity index (χ2n) is 4.89. The molecule has 0 unspecified atom stereocenters. The number of nitrogens with zero attached hydrogens (tertiary/aromatic N) is 1. The van der Waals surface area contributed by atoms with E-state index in [9.17, 15) is 8.42 Å². The van der Waals surface area contributed by atoms with Crippen molar-refractivity contribution in [1.82, 2.24) is 10.6 Å². The van der Waals surface area contributed by atoms with Gasteiger partial charge in [-0.2, -0.15) is 0 Å². The molecular formula is C14H25N3O3S2. The molecule has 0 aliphatic rings. The van der Waals surface area contributed by atoms with Crippen molar-refractivity contribution in [1.29, 1.82) is 0 Å². The molecule has 1 rings (SSSR count). The molecule has 0 saturated heterocycles. The smallest absolute Gasteiger partial charge is 0.191 e. The predicted molar refractivity (Wildman–Crippen MR) is 92.4 cm³/mol. The van der Waals surface area contributed by atoms with Crippen LogP contribution in [0.2, 0.25) is 0 Å². The number of aliphatic imine (C=N–C) groups is 1. The fraction of sp³-hybridized carbons (Fsp3) is 0.643. The third kappa shape index (κ3) is 8.35. The summed E-state index contributed by atoms with van der Waals surface area (Å²) in [6.07, 6.45) is 1.21. The van der Waals surface area contributed by atoms with Gasteiger partial charge in [0.25, 0.3) is 0 Å². The molecule has 0 atom stereocenters. The van der Waals surface area contributed by atoms with Gasteiger partial charge in [0.15, 0.2) is 5.96 Å². The van der Waals surface area contributed by atoms with E-state index in [1.807, 2.05) is 6.92 Å². The van der Waals surface area contributed by atoms with Gasteiger partial charge in [-0.15, -0.1) is 11.3 Å². The topological polar surface area (TPSA) is 79.8 Å². The lowest BCUT2D eigenvalue weighted by atomic mass is 10.3. The summed E-state index contributed by atoms with van der Waals surface area (Å²) in [5.41, 5.74) is 1.26. The molecule has 22 heavy (non-hydrogen) atoms. The second-order valence-corrected chi connectivity index (χ2v) is 8.15. The van der Waals surface area contributed by atoms with E-state index in [1.54, 1.807) is 11.3 Å². The third-order valence-corrected chi connectivity index (χ3v) is 4.75. The van der Waals surface area contributed by atoms with E-state index in [0.717, 1.165) is 12.5 Å². The molecule has 0 radical (unpaired) electrons. The monoisotopic (exact) mass is 347 g/mol. The van der Waals surface area contributed by atoms with Gasteiger partial charge in [-0.05, 0) is 30.9 Å². The molecule has 0 aliphatic carbocycles. The summed E-state index contributed by atoms with van der Waals surface area (Å²) in [6, 6.07) is 2.09. The number of thiophene rings is 1. The summed E-state index contributed by atoms with van der Waals surface area (Å²) in [4.78, 5) is 5.78. The first-order chi connectivity index (χ1) is 10.4. The first-order valence-corrected chi connectivity index (χ1v) is 10.2. The van der Waals surface area contributed by atoms with Gasteiger partial charge in [-0.25, -0.2) is 13.4 Å². The Balaban J connectivity index is 2.30. The van der Waals surface area contributed by atoms with Crippen molar-refractivity contribution in [2.24, 2.45) is 4.99 Å². The van der Waals surface area contributed by atoms with Gasteiger partial charge in [0.05, 0.1) is 25.5 Å². The Bertz CT molecular complexity index is 568. The quantitative estimate of drug-likeness (QED) is 0.398. The SMILES string of the molecule is CCNC(=NCc1sccc1C)NCCOCCS(C)(=O)=O. The average Bonchev–Trinajstić information content (AvgIpc) is 2.84. The first-order valence-electron chi connectivity index (χ1n) is 7.23. The molecule has 0 saturated carbocycles. The number of rotatable bonds is 9. The van der Waals surface area contributed by atoms with Gasteiger partial charge in [0.1, 0.15) is 9.84 Å². The Morgan fingerprint density at radius 3 is 2.73 bits per heavy atom. The van der Waals surface area contributed by atoms with Crippen LogP contribution in [0.4, 0.5) is 0 Å². The minimum atomic E-state index is -2.95. The molecule has 1 aromatic rings. The van der Waals surface area contributed by atoms with Crippen molar-refractivity contribution in [3.8, 4) is 0 Å². The molecule has 126 valence electrons. The summed E-state index contributed by atoms with van der Waals surface area (Å²) < 4.78 is 27.2. The van der Waals surface area contributed by atoms with Crippen LogP contribution in [0.15, 0.2) is 16.4 Å². The van der Waals surface area contributed by atoms with Crippen LogP contribution >= 0.6 is 11.3 Å². The standard InChI is InChI=1S/C14H25N3O3S2/c1-4-15-14(17-11-13-12(2)5-9-21-13)16-6-7-20-8-10-22(3,18)19/h5,9H,4,6-8,10-11H2,1-3H3,(H2,15,16,17).